The second-order valence-electron chi connectivity index (χ2n) is 3.03. The lowest BCUT2D eigenvalue weighted by Gasteiger charge is -2.13. The fourth-order valence-corrected chi connectivity index (χ4v) is 1.57. The zero-order chi connectivity index (χ0) is 12.8. The summed E-state index contributed by atoms with van der Waals surface area (Å²) in [5.41, 5.74) is 0.397. The van der Waals surface area contributed by atoms with Gasteiger partial charge in [-0.15, -0.1) is 0 Å². The Hall–Kier alpha value is -1.56. The molecule has 0 saturated heterocycles. The van der Waals surface area contributed by atoms with Crippen molar-refractivity contribution in [1.29, 1.82) is 0 Å². The summed E-state index contributed by atoms with van der Waals surface area (Å²) >= 11 is 3.17. The second-order valence-corrected chi connectivity index (χ2v) is 3.89. The Morgan fingerprint density at radius 3 is 2.59 bits per heavy atom. The number of carboxylic acid groups (broad SMARTS) is 1. The molecule has 1 aromatic rings. The van der Waals surface area contributed by atoms with E-state index in [1.165, 1.54) is 12.1 Å². The van der Waals surface area contributed by atoms with Gasteiger partial charge in [0.05, 0.1) is 12.6 Å². The summed E-state index contributed by atoms with van der Waals surface area (Å²) in [4.78, 5) is 21.0. The van der Waals surface area contributed by atoms with Gasteiger partial charge in [0.1, 0.15) is 6.61 Å². The molecule has 0 amide bonds. The smallest absolute Gasteiger partial charge is 0.162 e. The van der Waals surface area contributed by atoms with Gasteiger partial charge in [-0.2, -0.15) is 0 Å². The molecule has 0 aliphatic carbocycles. The summed E-state index contributed by atoms with van der Waals surface area (Å²) in [6, 6.07) is 2.96. The first-order valence-corrected chi connectivity index (χ1v) is 5.62. The molecule has 1 aromatic carbocycles. The largest absolute Gasteiger partial charge is 0.546 e. The minimum Gasteiger partial charge on any atom is -0.546 e. The Morgan fingerprint density at radius 1 is 1.41 bits per heavy atom. The van der Waals surface area contributed by atoms with Crippen molar-refractivity contribution in [2.24, 2.45) is 0 Å². The molecule has 0 saturated carbocycles. The van der Waals surface area contributed by atoms with Crippen LogP contribution in [0.5, 0.6) is 11.5 Å². The van der Waals surface area contributed by atoms with Gasteiger partial charge in [0.15, 0.2) is 17.8 Å². The Morgan fingerprint density at radius 2 is 2.06 bits per heavy atom. The molecule has 0 aliphatic rings. The van der Waals surface area contributed by atoms with Gasteiger partial charge in [-0.3, -0.25) is 4.79 Å². The molecule has 0 radical (unpaired) electrons. The molecule has 0 aliphatic heterocycles. The van der Waals surface area contributed by atoms with E-state index >= 15 is 0 Å². The highest BCUT2D eigenvalue weighted by Crippen LogP contribution is 2.33. The zero-order valence-corrected chi connectivity index (χ0v) is 10.7. The number of benzene rings is 1. The third-order valence-corrected chi connectivity index (χ3v) is 2.52. The Balaban J connectivity index is 3.03. The van der Waals surface area contributed by atoms with Crippen LogP contribution in [0.3, 0.4) is 0 Å². The monoisotopic (exact) mass is 301 g/mol. The predicted molar refractivity (Wildman–Crippen MR) is 61.2 cm³/mol. The lowest BCUT2D eigenvalue weighted by atomic mass is 10.2. The van der Waals surface area contributed by atoms with Crippen LogP contribution >= 0.6 is 15.9 Å². The molecule has 0 N–H and O–H groups in total. The number of aliphatic carboxylic acids is 1. The molecule has 1 rings (SSSR count). The zero-order valence-electron chi connectivity index (χ0n) is 9.07. The van der Waals surface area contributed by atoms with Crippen LogP contribution in [0.1, 0.15) is 17.3 Å². The van der Waals surface area contributed by atoms with Gasteiger partial charge in [0.25, 0.3) is 0 Å². The average Bonchev–Trinajstić information content (AvgIpc) is 2.29. The van der Waals surface area contributed by atoms with E-state index in [9.17, 15) is 14.7 Å². The van der Waals surface area contributed by atoms with Gasteiger partial charge in [-0.05, 0) is 35.0 Å². The van der Waals surface area contributed by atoms with Gasteiger partial charge in [-0.25, -0.2) is 0 Å². The van der Waals surface area contributed by atoms with Gasteiger partial charge < -0.3 is 19.4 Å². The number of hydrogen-bond acceptors (Lipinski definition) is 5. The SMILES string of the molecule is CCOc1cc(C=O)c(Br)cc1OCC(=O)[O-]. The number of rotatable bonds is 6. The van der Waals surface area contributed by atoms with Gasteiger partial charge in [0, 0.05) is 10.0 Å². The van der Waals surface area contributed by atoms with Crippen molar-refractivity contribution in [3.63, 3.8) is 0 Å². The van der Waals surface area contributed by atoms with E-state index in [1.54, 1.807) is 6.92 Å². The molecule has 0 heterocycles. The van der Waals surface area contributed by atoms with E-state index < -0.39 is 12.6 Å². The number of aldehydes is 1. The maximum atomic E-state index is 10.7. The Labute approximate surface area is 106 Å². The highest BCUT2D eigenvalue weighted by atomic mass is 79.9. The van der Waals surface area contributed by atoms with E-state index in [0.717, 1.165) is 0 Å². The summed E-state index contributed by atoms with van der Waals surface area (Å²) in [7, 11) is 0. The molecule has 0 atom stereocenters. The van der Waals surface area contributed by atoms with E-state index in [0.29, 0.717) is 28.7 Å². The van der Waals surface area contributed by atoms with Crippen molar-refractivity contribution in [2.75, 3.05) is 13.2 Å². The van der Waals surface area contributed by atoms with E-state index in [4.69, 9.17) is 9.47 Å². The molecule has 0 fully saturated rings. The van der Waals surface area contributed by atoms with Crippen molar-refractivity contribution < 1.29 is 24.2 Å². The number of hydrogen-bond donors (Lipinski definition) is 0. The van der Waals surface area contributed by atoms with Crippen molar-refractivity contribution >= 4 is 28.2 Å². The lowest BCUT2D eigenvalue weighted by Crippen LogP contribution is -2.29. The topological polar surface area (TPSA) is 75.7 Å². The molecule has 17 heavy (non-hydrogen) atoms. The summed E-state index contributed by atoms with van der Waals surface area (Å²) < 4.78 is 10.8. The number of carbonyl (C=O) groups excluding carboxylic acids is 2. The first-order chi connectivity index (χ1) is 8.08. The maximum absolute atomic E-state index is 10.7. The normalized spacial score (nSPS) is 9.76. The molecule has 0 aromatic heterocycles. The van der Waals surface area contributed by atoms with Crippen LogP contribution in [-0.4, -0.2) is 25.5 Å². The number of carboxylic acids is 1. The summed E-state index contributed by atoms with van der Waals surface area (Å²) in [6.45, 7) is 1.57. The molecule has 0 unspecified atom stereocenters. The van der Waals surface area contributed by atoms with E-state index in [-0.39, 0.29) is 5.75 Å². The highest BCUT2D eigenvalue weighted by Gasteiger charge is 2.10. The van der Waals surface area contributed by atoms with Crippen molar-refractivity contribution in [2.45, 2.75) is 6.92 Å². The van der Waals surface area contributed by atoms with E-state index in [2.05, 4.69) is 15.9 Å². The van der Waals surface area contributed by atoms with Crippen LogP contribution in [0.4, 0.5) is 0 Å². The minimum absolute atomic E-state index is 0.244. The standard InChI is InChI=1S/C11H11BrO5/c1-2-16-9-3-7(5-13)8(12)4-10(9)17-6-11(14)15/h3-5H,2,6H2,1H3,(H,14,15)/p-1. The van der Waals surface area contributed by atoms with Crippen LogP contribution in [-0.2, 0) is 4.79 Å². The third-order valence-electron chi connectivity index (χ3n) is 1.84. The van der Waals surface area contributed by atoms with Gasteiger partial charge in [0.2, 0.25) is 0 Å². The molecule has 6 heteroatoms. The number of ether oxygens (including phenoxy) is 2. The first-order valence-electron chi connectivity index (χ1n) is 4.82. The fourth-order valence-electron chi connectivity index (χ4n) is 1.16. The second kappa shape index (κ2) is 6.24. The molecular weight excluding hydrogens is 292 g/mol. The van der Waals surface area contributed by atoms with Crippen LogP contribution in [0, 0.1) is 0 Å². The Kier molecular flexibility index (Phi) is 4.96. The lowest BCUT2D eigenvalue weighted by molar-refractivity contribution is -0.307. The molecular formula is C11H10BrO5-. The molecule has 5 nitrogen and oxygen atoms in total. The fraction of sp³-hybridized carbons (Fsp3) is 0.273. The first kappa shape index (κ1) is 13.5. The number of halogens is 1. The van der Waals surface area contributed by atoms with Crippen molar-refractivity contribution in [1.82, 2.24) is 0 Å². The highest BCUT2D eigenvalue weighted by molar-refractivity contribution is 9.10. The summed E-state index contributed by atoms with van der Waals surface area (Å²) in [5, 5.41) is 10.3. The minimum atomic E-state index is -1.33. The summed E-state index contributed by atoms with van der Waals surface area (Å²) in [5.74, 6) is -0.768. The maximum Gasteiger partial charge on any atom is 0.162 e. The van der Waals surface area contributed by atoms with Crippen molar-refractivity contribution in [3.8, 4) is 11.5 Å². The average molecular weight is 302 g/mol. The summed E-state index contributed by atoms with van der Waals surface area (Å²) in [6.07, 6.45) is 0.662. The van der Waals surface area contributed by atoms with Crippen LogP contribution in [0.25, 0.3) is 0 Å². The number of carbonyl (C=O) groups is 2. The van der Waals surface area contributed by atoms with Crippen molar-refractivity contribution in [3.05, 3.63) is 22.2 Å². The molecule has 0 spiro atoms. The van der Waals surface area contributed by atoms with Gasteiger partial charge >= 0.3 is 0 Å². The molecule has 0 bridgehead atoms. The van der Waals surface area contributed by atoms with Crippen LogP contribution in [0.15, 0.2) is 16.6 Å². The van der Waals surface area contributed by atoms with E-state index in [1.807, 2.05) is 0 Å². The van der Waals surface area contributed by atoms with Gasteiger partial charge in [-0.1, -0.05) is 0 Å². The Bertz CT molecular complexity index is 430. The molecule has 92 valence electrons. The van der Waals surface area contributed by atoms with Crippen LogP contribution < -0.4 is 14.6 Å². The predicted octanol–water partition coefficient (Wildman–Crippen LogP) is 0.789. The quantitative estimate of drug-likeness (QED) is 0.726. The third kappa shape index (κ3) is 3.74. The van der Waals surface area contributed by atoms with Crippen LogP contribution in [0.2, 0.25) is 0 Å².